The predicted molar refractivity (Wildman–Crippen MR) is 39.2 cm³/mol. The molecular formula is C6H11F2O2S. The van der Waals surface area contributed by atoms with Crippen molar-refractivity contribution in [2.75, 3.05) is 11.5 Å². The largest absolute Gasteiger partial charge is 0.239 e. The fourth-order valence-corrected chi connectivity index (χ4v) is 1.77. The zero-order chi connectivity index (χ0) is 8.91. The highest BCUT2D eigenvalue weighted by molar-refractivity contribution is 7.91. The summed E-state index contributed by atoms with van der Waals surface area (Å²) in [4.78, 5) is 0. The Morgan fingerprint density at radius 2 is 1.82 bits per heavy atom. The lowest BCUT2D eigenvalue weighted by atomic mass is 10.5. The first-order valence-electron chi connectivity index (χ1n) is 3.26. The Hall–Kier alpha value is -0.190. The third kappa shape index (κ3) is 6.22. The molecule has 0 aromatic rings. The fraction of sp³-hybridized carbons (Fsp3) is 0.833. The normalized spacial score (nSPS) is 12.4. The molecule has 0 aromatic carbocycles. The SMILES string of the molecule is [CH2]CCS(=O)(=O)CCC(F)F. The van der Waals surface area contributed by atoms with E-state index in [0.29, 0.717) is 0 Å². The van der Waals surface area contributed by atoms with E-state index in [4.69, 9.17) is 0 Å². The molecule has 2 nitrogen and oxygen atoms in total. The summed E-state index contributed by atoms with van der Waals surface area (Å²) >= 11 is 0. The van der Waals surface area contributed by atoms with Crippen molar-refractivity contribution in [2.24, 2.45) is 0 Å². The molecule has 0 atom stereocenters. The van der Waals surface area contributed by atoms with Gasteiger partial charge in [-0.25, -0.2) is 17.2 Å². The van der Waals surface area contributed by atoms with Crippen LogP contribution in [0, 0.1) is 6.92 Å². The Balaban J connectivity index is 3.74. The van der Waals surface area contributed by atoms with Crippen molar-refractivity contribution in [3.8, 4) is 0 Å². The van der Waals surface area contributed by atoms with Crippen LogP contribution in [0.1, 0.15) is 12.8 Å². The molecule has 0 spiro atoms. The molecule has 0 aliphatic heterocycles. The second-order valence-corrected chi connectivity index (χ2v) is 4.49. The van der Waals surface area contributed by atoms with Crippen molar-refractivity contribution in [1.82, 2.24) is 0 Å². The molecule has 0 saturated heterocycles. The maximum Gasteiger partial charge on any atom is 0.239 e. The van der Waals surface area contributed by atoms with Gasteiger partial charge in [-0.05, 0) is 6.42 Å². The lowest BCUT2D eigenvalue weighted by molar-refractivity contribution is 0.145. The number of alkyl halides is 2. The molecule has 1 radical (unpaired) electrons. The van der Waals surface area contributed by atoms with Crippen LogP contribution in [0.25, 0.3) is 0 Å². The van der Waals surface area contributed by atoms with Gasteiger partial charge in [0.2, 0.25) is 6.43 Å². The van der Waals surface area contributed by atoms with E-state index in [1.165, 1.54) is 0 Å². The van der Waals surface area contributed by atoms with Gasteiger partial charge >= 0.3 is 0 Å². The van der Waals surface area contributed by atoms with Crippen LogP contribution in [0.5, 0.6) is 0 Å². The van der Waals surface area contributed by atoms with Crippen molar-refractivity contribution in [1.29, 1.82) is 0 Å². The summed E-state index contributed by atoms with van der Waals surface area (Å²) in [6.45, 7) is 3.33. The van der Waals surface area contributed by atoms with E-state index >= 15 is 0 Å². The molecule has 5 heteroatoms. The van der Waals surface area contributed by atoms with Crippen LogP contribution < -0.4 is 0 Å². The zero-order valence-electron chi connectivity index (χ0n) is 6.09. The maximum absolute atomic E-state index is 11.5. The molecule has 11 heavy (non-hydrogen) atoms. The van der Waals surface area contributed by atoms with Crippen LogP contribution in [-0.4, -0.2) is 26.3 Å². The van der Waals surface area contributed by atoms with Crippen molar-refractivity contribution in [3.05, 3.63) is 6.92 Å². The lowest BCUT2D eigenvalue weighted by Gasteiger charge is -2.00. The summed E-state index contributed by atoms with van der Waals surface area (Å²) in [6, 6.07) is 0. The van der Waals surface area contributed by atoms with Gasteiger partial charge in [-0.3, -0.25) is 0 Å². The number of halogens is 2. The van der Waals surface area contributed by atoms with E-state index in [0.717, 1.165) is 0 Å². The Morgan fingerprint density at radius 1 is 1.27 bits per heavy atom. The molecular weight excluding hydrogens is 174 g/mol. The first-order chi connectivity index (χ1) is 4.98. The summed E-state index contributed by atoms with van der Waals surface area (Å²) < 4.78 is 44.6. The topological polar surface area (TPSA) is 34.1 Å². The van der Waals surface area contributed by atoms with Gasteiger partial charge < -0.3 is 0 Å². The molecule has 0 amide bonds. The quantitative estimate of drug-likeness (QED) is 0.646. The third-order valence-corrected chi connectivity index (χ3v) is 2.87. The molecule has 0 heterocycles. The molecule has 67 valence electrons. The standard InChI is InChI=1S/C6H11F2O2S/c1-2-4-11(9,10)5-3-6(7)8/h6H,1-5H2. The third-order valence-electron chi connectivity index (χ3n) is 1.10. The van der Waals surface area contributed by atoms with Gasteiger partial charge in [0, 0.05) is 6.42 Å². The van der Waals surface area contributed by atoms with Gasteiger partial charge in [0.15, 0.2) is 9.84 Å². The Morgan fingerprint density at radius 3 is 2.18 bits per heavy atom. The van der Waals surface area contributed by atoms with Crippen LogP contribution >= 0.6 is 0 Å². The van der Waals surface area contributed by atoms with E-state index in [1.807, 2.05) is 0 Å². The van der Waals surface area contributed by atoms with Gasteiger partial charge in [-0.1, -0.05) is 6.92 Å². The summed E-state index contributed by atoms with van der Waals surface area (Å²) in [5.41, 5.74) is 0. The Kier molecular flexibility index (Phi) is 4.56. The van der Waals surface area contributed by atoms with Crippen LogP contribution in [0.4, 0.5) is 8.78 Å². The highest BCUT2D eigenvalue weighted by Gasteiger charge is 2.12. The summed E-state index contributed by atoms with van der Waals surface area (Å²) in [5.74, 6) is -0.528. The summed E-state index contributed by atoms with van der Waals surface area (Å²) in [7, 11) is -3.27. The van der Waals surface area contributed by atoms with Crippen molar-refractivity contribution < 1.29 is 17.2 Å². The summed E-state index contributed by atoms with van der Waals surface area (Å²) in [5, 5.41) is 0. The second kappa shape index (κ2) is 4.64. The Labute approximate surface area is 65.5 Å². The van der Waals surface area contributed by atoms with Crippen molar-refractivity contribution in [2.45, 2.75) is 19.3 Å². The molecule has 0 unspecified atom stereocenters. The van der Waals surface area contributed by atoms with E-state index in [-0.39, 0.29) is 12.2 Å². The number of hydrogen-bond acceptors (Lipinski definition) is 2. The molecule has 0 rings (SSSR count). The van der Waals surface area contributed by atoms with E-state index in [9.17, 15) is 17.2 Å². The van der Waals surface area contributed by atoms with Gasteiger partial charge in [0.25, 0.3) is 0 Å². The number of hydrogen-bond donors (Lipinski definition) is 0. The molecule has 0 saturated carbocycles. The average molecular weight is 185 g/mol. The number of rotatable bonds is 5. The highest BCUT2D eigenvalue weighted by Crippen LogP contribution is 2.03. The first-order valence-corrected chi connectivity index (χ1v) is 5.08. The van der Waals surface area contributed by atoms with Crippen molar-refractivity contribution in [3.63, 3.8) is 0 Å². The Bertz CT molecular complexity index is 187. The second-order valence-electron chi connectivity index (χ2n) is 2.19. The number of sulfone groups is 1. The molecule has 0 bridgehead atoms. The lowest BCUT2D eigenvalue weighted by Crippen LogP contribution is -2.12. The van der Waals surface area contributed by atoms with Gasteiger partial charge in [0.1, 0.15) is 0 Å². The van der Waals surface area contributed by atoms with Gasteiger partial charge in [-0.2, -0.15) is 0 Å². The molecule has 0 fully saturated rings. The minimum Gasteiger partial charge on any atom is -0.229 e. The monoisotopic (exact) mass is 185 g/mol. The molecule has 0 aromatic heterocycles. The van der Waals surface area contributed by atoms with Crippen molar-refractivity contribution >= 4 is 9.84 Å². The average Bonchev–Trinajstić information content (AvgIpc) is 1.84. The molecule has 0 aliphatic carbocycles. The van der Waals surface area contributed by atoms with E-state index in [1.54, 1.807) is 0 Å². The van der Waals surface area contributed by atoms with E-state index < -0.39 is 28.4 Å². The van der Waals surface area contributed by atoms with Gasteiger partial charge in [0.05, 0.1) is 11.5 Å². The van der Waals surface area contributed by atoms with Crippen LogP contribution in [0.3, 0.4) is 0 Å². The van der Waals surface area contributed by atoms with Crippen LogP contribution in [-0.2, 0) is 9.84 Å². The van der Waals surface area contributed by atoms with Gasteiger partial charge in [-0.15, -0.1) is 0 Å². The van der Waals surface area contributed by atoms with Crippen LogP contribution in [0.15, 0.2) is 0 Å². The van der Waals surface area contributed by atoms with E-state index in [2.05, 4.69) is 6.92 Å². The fourth-order valence-electron chi connectivity index (χ4n) is 0.591. The molecule has 0 N–H and O–H groups in total. The molecule has 0 aliphatic rings. The minimum atomic E-state index is -3.27. The minimum absolute atomic E-state index is 0.0975. The summed E-state index contributed by atoms with van der Waals surface area (Å²) in [6.07, 6.45) is -2.86. The zero-order valence-corrected chi connectivity index (χ0v) is 6.91. The predicted octanol–water partition coefficient (Wildman–Crippen LogP) is 1.28. The highest BCUT2D eigenvalue weighted by atomic mass is 32.2. The van der Waals surface area contributed by atoms with Crippen LogP contribution in [0.2, 0.25) is 0 Å². The smallest absolute Gasteiger partial charge is 0.229 e. The maximum atomic E-state index is 11.5. The first kappa shape index (κ1) is 10.8.